The van der Waals surface area contributed by atoms with Gasteiger partial charge in [-0.2, -0.15) is 0 Å². The van der Waals surface area contributed by atoms with E-state index in [1.165, 1.54) is 0 Å². The molecule has 1 heterocycles. The smallest absolute Gasteiger partial charge is 0.326 e. The number of piperidine rings is 1. The van der Waals surface area contributed by atoms with Crippen molar-refractivity contribution in [2.24, 2.45) is 0 Å². The Bertz CT molecular complexity index is 637. The highest BCUT2D eigenvalue weighted by Gasteiger charge is 2.33. The quantitative estimate of drug-likeness (QED) is 0.848. The highest BCUT2D eigenvalue weighted by Crippen LogP contribution is 2.22. The third-order valence-corrected chi connectivity index (χ3v) is 3.47. The third-order valence-electron chi connectivity index (χ3n) is 3.47. The first-order valence-electron chi connectivity index (χ1n) is 6.41. The number of hydrogen-bond donors (Lipinski definition) is 1. The standard InChI is InChI=1S/C15H12F2NO3/c1-2-9-7-12(17)10(8-11(9)16)14(19)18-6-4-3-5-13(18)15(20)21/h7-8,13H,3-6H2,(H,20,21). The molecule has 0 spiro atoms. The number of halogens is 2. The number of likely N-dealkylation sites (tertiary alicyclic amines) is 1. The molecule has 0 bridgehead atoms. The van der Waals surface area contributed by atoms with Gasteiger partial charge >= 0.3 is 5.97 Å². The summed E-state index contributed by atoms with van der Waals surface area (Å²) in [5, 5.41) is 9.11. The number of nitrogens with zero attached hydrogens (tertiary/aromatic N) is 1. The number of carbonyl (C=O) groups excluding carboxylic acids is 1. The van der Waals surface area contributed by atoms with Crippen molar-refractivity contribution < 1.29 is 23.5 Å². The van der Waals surface area contributed by atoms with Gasteiger partial charge in [-0.15, -0.1) is 0 Å². The number of carbonyl (C=O) groups is 2. The maximum absolute atomic E-state index is 13.9. The number of carboxylic acids is 1. The summed E-state index contributed by atoms with van der Waals surface area (Å²) in [6.45, 7) is 0.190. The molecule has 0 aliphatic carbocycles. The molecule has 1 aliphatic heterocycles. The van der Waals surface area contributed by atoms with E-state index >= 15 is 0 Å². The Morgan fingerprint density at radius 2 is 2.00 bits per heavy atom. The van der Waals surface area contributed by atoms with Gasteiger partial charge in [-0.1, -0.05) is 0 Å². The van der Waals surface area contributed by atoms with Gasteiger partial charge < -0.3 is 10.0 Å². The van der Waals surface area contributed by atoms with Crippen LogP contribution in [0.1, 0.15) is 35.2 Å². The van der Waals surface area contributed by atoms with Gasteiger partial charge in [-0.05, 0) is 43.7 Å². The highest BCUT2D eigenvalue weighted by atomic mass is 19.1. The van der Waals surface area contributed by atoms with Crippen LogP contribution in [0.4, 0.5) is 8.78 Å². The molecule has 6 heteroatoms. The van der Waals surface area contributed by atoms with Crippen LogP contribution < -0.4 is 0 Å². The first kappa shape index (κ1) is 15.0. The fraction of sp³-hybridized carbons (Fsp3) is 0.333. The molecule has 21 heavy (non-hydrogen) atoms. The molecular weight excluding hydrogens is 280 g/mol. The Labute approximate surface area is 120 Å². The molecule has 1 amide bonds. The number of rotatable bonds is 2. The van der Waals surface area contributed by atoms with E-state index in [2.05, 4.69) is 0 Å². The van der Waals surface area contributed by atoms with Crippen molar-refractivity contribution in [2.75, 3.05) is 6.54 Å². The van der Waals surface area contributed by atoms with Crippen molar-refractivity contribution in [3.05, 3.63) is 41.3 Å². The third kappa shape index (κ3) is 2.87. The first-order valence-corrected chi connectivity index (χ1v) is 6.41. The minimum absolute atomic E-state index is 0.190. The Hall–Kier alpha value is -2.42. The Morgan fingerprint density at radius 3 is 2.62 bits per heavy atom. The van der Waals surface area contributed by atoms with Gasteiger partial charge in [0, 0.05) is 6.54 Å². The number of amides is 1. The van der Waals surface area contributed by atoms with E-state index in [9.17, 15) is 18.4 Å². The Kier molecular flexibility index (Phi) is 4.22. The summed E-state index contributed by atoms with van der Waals surface area (Å²) in [6.07, 6.45) is 8.39. The minimum atomic E-state index is -1.16. The molecule has 1 aliphatic rings. The molecule has 1 radical (unpaired) electrons. The number of aliphatic carboxylic acids is 1. The minimum Gasteiger partial charge on any atom is -0.480 e. The van der Waals surface area contributed by atoms with Crippen LogP contribution in [-0.2, 0) is 4.79 Å². The summed E-state index contributed by atoms with van der Waals surface area (Å²) in [6, 6.07) is 0.361. The van der Waals surface area contributed by atoms with Crippen LogP contribution >= 0.6 is 0 Å². The number of carboxylic acid groups (broad SMARTS) is 1. The van der Waals surface area contributed by atoms with Gasteiger partial charge in [0.25, 0.3) is 5.91 Å². The maximum atomic E-state index is 13.9. The van der Waals surface area contributed by atoms with Crippen LogP contribution in [0.5, 0.6) is 0 Å². The van der Waals surface area contributed by atoms with E-state index < -0.39 is 40.7 Å². The second kappa shape index (κ2) is 5.92. The van der Waals surface area contributed by atoms with Crippen molar-refractivity contribution in [1.29, 1.82) is 0 Å². The van der Waals surface area contributed by atoms with Gasteiger partial charge in [0.1, 0.15) is 17.7 Å². The van der Waals surface area contributed by atoms with Crippen molar-refractivity contribution in [3.63, 3.8) is 0 Å². The van der Waals surface area contributed by atoms with Crippen LogP contribution in [0.25, 0.3) is 0 Å². The van der Waals surface area contributed by atoms with Crippen LogP contribution in [0.3, 0.4) is 0 Å². The largest absolute Gasteiger partial charge is 0.480 e. The predicted octanol–water partition coefficient (Wildman–Crippen LogP) is 1.98. The average molecular weight is 292 g/mol. The van der Waals surface area contributed by atoms with Crippen LogP contribution in [0.2, 0.25) is 0 Å². The molecule has 1 aromatic rings. The van der Waals surface area contributed by atoms with Gasteiger partial charge in [-0.3, -0.25) is 4.79 Å². The number of hydrogen-bond acceptors (Lipinski definition) is 2. The molecule has 4 nitrogen and oxygen atoms in total. The van der Waals surface area contributed by atoms with E-state index in [4.69, 9.17) is 11.5 Å². The topological polar surface area (TPSA) is 57.6 Å². The van der Waals surface area contributed by atoms with Crippen molar-refractivity contribution in [3.8, 4) is 5.92 Å². The SMILES string of the molecule is [C]#Cc1cc(F)c(C(=O)N2CCCCC2C(=O)O)cc1F. The van der Waals surface area contributed by atoms with E-state index in [0.717, 1.165) is 4.90 Å². The van der Waals surface area contributed by atoms with Gasteiger partial charge in [0.05, 0.1) is 11.1 Å². The van der Waals surface area contributed by atoms with E-state index in [1.54, 1.807) is 5.92 Å². The average Bonchev–Trinajstić information content (AvgIpc) is 2.48. The lowest BCUT2D eigenvalue weighted by Crippen LogP contribution is -2.48. The van der Waals surface area contributed by atoms with E-state index in [0.29, 0.717) is 25.0 Å². The molecule has 1 atom stereocenters. The van der Waals surface area contributed by atoms with Crippen molar-refractivity contribution in [2.45, 2.75) is 25.3 Å². The maximum Gasteiger partial charge on any atom is 0.326 e. The fourth-order valence-corrected chi connectivity index (χ4v) is 2.39. The molecular formula is C15H12F2NO3. The van der Waals surface area contributed by atoms with Gasteiger partial charge in [-0.25, -0.2) is 13.6 Å². The van der Waals surface area contributed by atoms with E-state index in [1.807, 2.05) is 0 Å². The zero-order chi connectivity index (χ0) is 15.6. The molecule has 1 unspecified atom stereocenters. The molecule has 0 aromatic heterocycles. The normalized spacial score (nSPS) is 18.1. The summed E-state index contributed by atoms with van der Waals surface area (Å²) in [7, 11) is 0. The van der Waals surface area contributed by atoms with Crippen molar-refractivity contribution >= 4 is 11.9 Å². The molecule has 109 valence electrons. The summed E-state index contributed by atoms with van der Waals surface area (Å²) >= 11 is 0. The summed E-state index contributed by atoms with van der Waals surface area (Å²) in [5.41, 5.74) is -0.919. The van der Waals surface area contributed by atoms with Crippen LogP contribution in [-0.4, -0.2) is 34.5 Å². The second-order valence-corrected chi connectivity index (χ2v) is 4.79. The fourth-order valence-electron chi connectivity index (χ4n) is 2.39. The lowest BCUT2D eigenvalue weighted by molar-refractivity contribution is -0.143. The molecule has 2 rings (SSSR count). The zero-order valence-corrected chi connectivity index (χ0v) is 11.0. The van der Waals surface area contributed by atoms with Gasteiger partial charge in [0.15, 0.2) is 0 Å². The lowest BCUT2D eigenvalue weighted by Gasteiger charge is -2.33. The van der Waals surface area contributed by atoms with E-state index in [-0.39, 0.29) is 13.0 Å². The Morgan fingerprint density at radius 1 is 1.29 bits per heavy atom. The Balaban J connectivity index is 2.37. The van der Waals surface area contributed by atoms with Crippen LogP contribution in [0, 0.1) is 24.0 Å². The van der Waals surface area contributed by atoms with Crippen molar-refractivity contribution in [1.82, 2.24) is 4.90 Å². The monoisotopic (exact) mass is 292 g/mol. The molecule has 1 N–H and O–H groups in total. The molecule has 1 saturated heterocycles. The summed E-state index contributed by atoms with van der Waals surface area (Å²) in [5.74, 6) is -2.23. The first-order chi connectivity index (χ1) is 9.95. The number of benzene rings is 1. The lowest BCUT2D eigenvalue weighted by atomic mass is 10.00. The molecule has 1 aromatic carbocycles. The molecule has 0 saturated carbocycles. The predicted molar refractivity (Wildman–Crippen MR) is 68.9 cm³/mol. The summed E-state index contributed by atoms with van der Waals surface area (Å²) in [4.78, 5) is 24.5. The van der Waals surface area contributed by atoms with Gasteiger partial charge in [0.2, 0.25) is 0 Å². The summed E-state index contributed by atoms with van der Waals surface area (Å²) < 4.78 is 27.4. The van der Waals surface area contributed by atoms with Crippen LogP contribution in [0.15, 0.2) is 12.1 Å². The highest BCUT2D eigenvalue weighted by molar-refractivity contribution is 5.97. The molecule has 1 fully saturated rings. The zero-order valence-electron chi connectivity index (χ0n) is 11.0. The second-order valence-electron chi connectivity index (χ2n) is 4.79.